The SMILES string of the molecule is C=CCN(C(=O)C1N(CCCCCCO)C(=O)[C@@H]2[C@H](C(=O)OCC)[C@]3(C)CCC12S3)c1ccc(OC)cc1. The van der Waals surface area contributed by atoms with Crippen molar-refractivity contribution < 1.29 is 29.0 Å². The number of fused-ring (bicyclic) bond motifs is 1. The van der Waals surface area contributed by atoms with Gasteiger partial charge in [-0.1, -0.05) is 18.9 Å². The highest BCUT2D eigenvalue weighted by Gasteiger charge is 2.77. The number of carbonyl (C=O) groups excluding carboxylic acids is 3. The topological polar surface area (TPSA) is 96.4 Å². The second kappa shape index (κ2) is 11.7. The molecule has 0 aliphatic carbocycles. The smallest absolute Gasteiger partial charge is 0.311 e. The first-order valence-electron chi connectivity index (χ1n) is 13.6. The van der Waals surface area contributed by atoms with Gasteiger partial charge in [-0.2, -0.15) is 0 Å². The van der Waals surface area contributed by atoms with Crippen LogP contribution in [0, 0.1) is 11.8 Å². The van der Waals surface area contributed by atoms with Crippen LogP contribution in [0.2, 0.25) is 0 Å². The van der Waals surface area contributed by atoms with E-state index in [1.54, 1.807) is 41.7 Å². The van der Waals surface area contributed by atoms with Crippen molar-refractivity contribution in [2.75, 3.05) is 38.3 Å². The van der Waals surface area contributed by atoms with Gasteiger partial charge in [0.15, 0.2) is 0 Å². The van der Waals surface area contributed by atoms with Gasteiger partial charge in [0.2, 0.25) is 5.91 Å². The van der Waals surface area contributed by atoms with Crippen molar-refractivity contribution in [1.82, 2.24) is 4.90 Å². The quantitative estimate of drug-likeness (QED) is 0.229. The van der Waals surface area contributed by atoms with Crippen molar-refractivity contribution in [1.29, 1.82) is 0 Å². The predicted molar refractivity (Wildman–Crippen MR) is 148 cm³/mol. The van der Waals surface area contributed by atoms with Crippen LogP contribution >= 0.6 is 11.8 Å². The van der Waals surface area contributed by atoms with Gasteiger partial charge in [0.25, 0.3) is 5.91 Å². The van der Waals surface area contributed by atoms with Crippen molar-refractivity contribution in [3.8, 4) is 5.75 Å². The molecule has 2 amide bonds. The van der Waals surface area contributed by atoms with E-state index < -0.39 is 27.4 Å². The number of aliphatic hydroxyl groups is 1. The lowest BCUT2D eigenvalue weighted by atomic mass is 9.66. The first kappa shape index (κ1) is 28.5. The molecule has 2 bridgehead atoms. The Labute approximate surface area is 229 Å². The van der Waals surface area contributed by atoms with Crippen molar-refractivity contribution in [2.24, 2.45) is 11.8 Å². The zero-order chi connectivity index (χ0) is 27.5. The lowest BCUT2D eigenvalue weighted by Gasteiger charge is -2.37. The average Bonchev–Trinajstić information content (AvgIpc) is 3.47. The predicted octanol–water partition coefficient (Wildman–Crippen LogP) is 3.81. The zero-order valence-corrected chi connectivity index (χ0v) is 23.5. The number of unbranched alkanes of at least 4 members (excludes halogenated alkanes) is 3. The Morgan fingerprint density at radius 3 is 2.55 bits per heavy atom. The van der Waals surface area contributed by atoms with Gasteiger partial charge < -0.3 is 24.4 Å². The molecule has 4 rings (SSSR count). The molecule has 3 heterocycles. The van der Waals surface area contributed by atoms with E-state index in [0.29, 0.717) is 37.4 Å². The number of nitrogens with zero attached hydrogens (tertiary/aromatic N) is 2. The number of esters is 1. The number of methoxy groups -OCH3 is 1. The number of benzene rings is 1. The van der Waals surface area contributed by atoms with Gasteiger partial charge in [0.05, 0.1) is 30.3 Å². The van der Waals surface area contributed by atoms with Crippen molar-refractivity contribution in [2.45, 2.75) is 67.9 Å². The first-order valence-corrected chi connectivity index (χ1v) is 14.4. The number of carbonyl (C=O) groups is 3. The maximum absolute atomic E-state index is 14.5. The fourth-order valence-corrected chi connectivity index (χ4v) is 8.98. The lowest BCUT2D eigenvalue weighted by Crippen LogP contribution is -2.55. The minimum atomic E-state index is -0.689. The molecule has 0 radical (unpaired) electrons. The number of hydrogen-bond acceptors (Lipinski definition) is 7. The van der Waals surface area contributed by atoms with Crippen LogP contribution in [0.25, 0.3) is 0 Å². The average molecular weight is 545 g/mol. The number of rotatable bonds is 13. The largest absolute Gasteiger partial charge is 0.497 e. The summed E-state index contributed by atoms with van der Waals surface area (Å²) in [6.45, 7) is 8.83. The highest BCUT2D eigenvalue weighted by Crippen LogP contribution is 2.71. The summed E-state index contributed by atoms with van der Waals surface area (Å²) in [6.07, 6.45) is 6.30. The molecule has 3 aliphatic rings. The minimum absolute atomic E-state index is 0.118. The van der Waals surface area contributed by atoms with Crippen LogP contribution in [0.3, 0.4) is 0 Å². The molecule has 208 valence electrons. The molecule has 1 aromatic carbocycles. The molecule has 3 fully saturated rings. The number of aliphatic hydroxyl groups excluding tert-OH is 1. The van der Waals surface area contributed by atoms with Gasteiger partial charge in [0.1, 0.15) is 11.8 Å². The summed E-state index contributed by atoms with van der Waals surface area (Å²) in [5.74, 6) is -1.07. The van der Waals surface area contributed by atoms with Gasteiger partial charge >= 0.3 is 5.97 Å². The number of amides is 2. The number of ether oxygens (including phenoxy) is 2. The second-order valence-electron chi connectivity index (χ2n) is 10.6. The molecular formula is C29H40N2O6S. The maximum Gasteiger partial charge on any atom is 0.311 e. The Morgan fingerprint density at radius 2 is 1.92 bits per heavy atom. The maximum atomic E-state index is 14.5. The molecule has 9 heteroatoms. The molecule has 0 saturated carbocycles. The summed E-state index contributed by atoms with van der Waals surface area (Å²) in [5.41, 5.74) is 0.705. The van der Waals surface area contributed by atoms with Gasteiger partial charge in [-0.05, 0) is 63.8 Å². The molecule has 3 saturated heterocycles. The Kier molecular flexibility index (Phi) is 8.77. The van der Waals surface area contributed by atoms with Crippen LogP contribution in [-0.2, 0) is 19.1 Å². The highest BCUT2D eigenvalue weighted by molar-refractivity contribution is 8.02. The number of hydrogen-bond donors (Lipinski definition) is 1. The summed E-state index contributed by atoms with van der Waals surface area (Å²) < 4.78 is 9.63. The normalized spacial score (nSPS) is 29.3. The summed E-state index contributed by atoms with van der Waals surface area (Å²) in [5, 5.41) is 9.14. The lowest BCUT2D eigenvalue weighted by molar-refractivity contribution is -0.155. The van der Waals surface area contributed by atoms with Crippen LogP contribution < -0.4 is 9.64 Å². The Bertz CT molecular complexity index is 1050. The van der Waals surface area contributed by atoms with Crippen LogP contribution in [0.1, 0.15) is 52.4 Å². The summed E-state index contributed by atoms with van der Waals surface area (Å²) in [7, 11) is 1.60. The van der Waals surface area contributed by atoms with Crippen molar-refractivity contribution in [3.63, 3.8) is 0 Å². The van der Waals surface area contributed by atoms with Gasteiger partial charge in [-0.3, -0.25) is 14.4 Å². The molecule has 0 aromatic heterocycles. The summed E-state index contributed by atoms with van der Waals surface area (Å²) in [6, 6.07) is 6.62. The molecule has 8 nitrogen and oxygen atoms in total. The van der Waals surface area contributed by atoms with E-state index in [4.69, 9.17) is 14.6 Å². The highest BCUT2D eigenvalue weighted by atomic mass is 32.2. The number of anilines is 1. The van der Waals surface area contributed by atoms with Gasteiger partial charge in [-0.25, -0.2) is 0 Å². The van der Waals surface area contributed by atoms with Crippen LogP contribution in [0.15, 0.2) is 36.9 Å². The number of thioether (sulfide) groups is 1. The van der Waals surface area contributed by atoms with E-state index in [9.17, 15) is 14.4 Å². The van der Waals surface area contributed by atoms with E-state index in [-0.39, 0.29) is 31.0 Å². The Balaban J connectivity index is 1.72. The van der Waals surface area contributed by atoms with Crippen molar-refractivity contribution in [3.05, 3.63) is 36.9 Å². The molecule has 1 aromatic rings. The Morgan fingerprint density at radius 1 is 1.21 bits per heavy atom. The Hall–Kier alpha value is -2.52. The zero-order valence-electron chi connectivity index (χ0n) is 22.7. The fraction of sp³-hybridized carbons (Fsp3) is 0.621. The molecule has 1 spiro atoms. The van der Waals surface area contributed by atoms with Crippen molar-refractivity contribution >= 4 is 35.2 Å². The van der Waals surface area contributed by atoms with E-state index in [1.807, 2.05) is 31.2 Å². The van der Waals surface area contributed by atoms with E-state index in [1.165, 1.54) is 0 Å². The van der Waals surface area contributed by atoms with Crippen LogP contribution in [-0.4, -0.2) is 76.7 Å². The van der Waals surface area contributed by atoms with Gasteiger partial charge in [-0.15, -0.1) is 18.3 Å². The van der Waals surface area contributed by atoms with E-state index >= 15 is 0 Å². The monoisotopic (exact) mass is 544 g/mol. The minimum Gasteiger partial charge on any atom is -0.497 e. The molecule has 38 heavy (non-hydrogen) atoms. The number of likely N-dealkylation sites (tertiary alicyclic amines) is 1. The molecule has 3 aliphatic heterocycles. The first-order chi connectivity index (χ1) is 18.3. The van der Waals surface area contributed by atoms with E-state index in [2.05, 4.69) is 6.58 Å². The van der Waals surface area contributed by atoms with Crippen LogP contribution in [0.4, 0.5) is 5.69 Å². The molecule has 1 N–H and O–H groups in total. The van der Waals surface area contributed by atoms with E-state index in [0.717, 1.165) is 25.7 Å². The summed E-state index contributed by atoms with van der Waals surface area (Å²) >= 11 is 1.65. The molecule has 5 atom stereocenters. The third kappa shape index (κ3) is 4.83. The van der Waals surface area contributed by atoms with Crippen LogP contribution in [0.5, 0.6) is 5.75 Å². The fourth-order valence-electron chi connectivity index (χ4n) is 6.64. The van der Waals surface area contributed by atoms with Gasteiger partial charge in [0, 0.05) is 30.1 Å². The molecular weight excluding hydrogens is 504 g/mol. The standard InChI is InChI=1S/C29H40N2O6S/c1-5-17-30(20-11-13-21(36-4)14-12-20)26(34)24-29-16-15-28(3,38-29)23(27(35)37-6-2)22(29)25(33)31(24)18-9-7-8-10-19-32/h5,11-14,22-24,32H,1,6-10,15-19H2,2-4H3/t22-,23+,24?,28-,29?/m0/s1. The summed E-state index contributed by atoms with van der Waals surface area (Å²) in [4.78, 5) is 45.3. The second-order valence-corrected chi connectivity index (χ2v) is 12.5. The third-order valence-corrected chi connectivity index (χ3v) is 10.3. The third-order valence-electron chi connectivity index (χ3n) is 8.32. The molecule has 2 unspecified atom stereocenters.